The monoisotopic (exact) mass is 747 g/mol. The van der Waals surface area contributed by atoms with Crippen LogP contribution >= 0.6 is 15.9 Å². The summed E-state index contributed by atoms with van der Waals surface area (Å²) in [6.07, 6.45) is -8.03. The molecule has 0 radical (unpaired) electrons. The minimum Gasteiger partial charge on any atom is -0.508 e. The number of amides is 3. The molecule has 4 rings (SSSR count). The Bertz CT molecular complexity index is 1600. The number of carbonyl (C=O) groups excluding carboxylic acids is 3. The number of aromatic hydroxyl groups is 1. The first-order valence-corrected chi connectivity index (χ1v) is 16.3. The molecule has 1 aliphatic rings. The fourth-order valence-electron chi connectivity index (χ4n) is 5.58. The number of phenolic OH excluding ortho intramolecular Hbond substituents is 1. The molecule has 3 aromatic rings. The standard InChI is InChI=1S/C34H39BrFN3O10/c35-20-5-10-23(26(42)13-20)31-24(11-12-25(41)19-3-6-21(36)7-4-19)34(49)39(31)22-8-1-18(2-9-22)15-37-29(45)14-30(46)38-16-27(43)32(47)33(48)28(44)17-40/h1-10,13,24-25,27-28,31-33,40-44,47-48H,11-12,14-17H2,(H,37,45)(H,38,46)/t24-,25+,27+,28-,31-,32-,33-/m1/s1. The van der Waals surface area contributed by atoms with Crippen molar-refractivity contribution in [2.24, 2.45) is 5.92 Å². The molecular formula is C34H39BrFN3O10. The van der Waals surface area contributed by atoms with Gasteiger partial charge in [0.25, 0.3) is 0 Å². The first kappa shape index (κ1) is 37.9. The molecule has 9 N–H and O–H groups in total. The van der Waals surface area contributed by atoms with Gasteiger partial charge < -0.3 is 51.3 Å². The normalized spacial score (nSPS) is 18.9. The lowest BCUT2D eigenvalue weighted by Gasteiger charge is -2.48. The molecule has 0 bridgehead atoms. The molecule has 0 aromatic heterocycles. The van der Waals surface area contributed by atoms with E-state index in [4.69, 9.17) is 5.11 Å². The Morgan fingerprint density at radius 1 is 0.878 bits per heavy atom. The number of anilines is 1. The maximum atomic E-state index is 13.5. The Labute approximate surface area is 289 Å². The van der Waals surface area contributed by atoms with E-state index in [1.54, 1.807) is 41.3 Å². The molecule has 49 heavy (non-hydrogen) atoms. The van der Waals surface area contributed by atoms with Gasteiger partial charge in [-0.05, 0) is 60.4 Å². The van der Waals surface area contributed by atoms with Gasteiger partial charge in [0.2, 0.25) is 17.7 Å². The zero-order chi connectivity index (χ0) is 35.8. The third kappa shape index (κ3) is 9.60. The van der Waals surface area contributed by atoms with Crippen molar-refractivity contribution in [3.63, 3.8) is 0 Å². The van der Waals surface area contributed by atoms with Crippen molar-refractivity contribution >= 4 is 39.3 Å². The molecule has 1 saturated heterocycles. The number of aliphatic hydroxyl groups excluding tert-OH is 6. The number of aliphatic hydroxyl groups is 6. The van der Waals surface area contributed by atoms with E-state index in [-0.39, 0.29) is 24.6 Å². The van der Waals surface area contributed by atoms with Gasteiger partial charge in [0.05, 0.1) is 30.8 Å². The molecule has 0 spiro atoms. The van der Waals surface area contributed by atoms with Crippen molar-refractivity contribution in [3.05, 3.63) is 93.7 Å². The van der Waals surface area contributed by atoms with Crippen LogP contribution in [0.4, 0.5) is 10.1 Å². The molecular weight excluding hydrogens is 709 g/mol. The molecule has 3 amide bonds. The van der Waals surface area contributed by atoms with Crippen LogP contribution in [0.2, 0.25) is 0 Å². The fraction of sp³-hybridized carbons (Fsp3) is 0.382. The van der Waals surface area contributed by atoms with E-state index in [9.17, 15) is 49.4 Å². The maximum Gasteiger partial charge on any atom is 0.233 e. The molecule has 0 unspecified atom stereocenters. The van der Waals surface area contributed by atoms with Gasteiger partial charge in [0.1, 0.15) is 36.3 Å². The second kappa shape index (κ2) is 17.1. The minimum atomic E-state index is -1.85. The van der Waals surface area contributed by atoms with Crippen molar-refractivity contribution in [1.82, 2.24) is 10.6 Å². The van der Waals surface area contributed by atoms with Gasteiger partial charge in [-0.2, -0.15) is 0 Å². The van der Waals surface area contributed by atoms with Gasteiger partial charge in [-0.15, -0.1) is 0 Å². The van der Waals surface area contributed by atoms with E-state index in [0.717, 1.165) is 0 Å². The highest BCUT2D eigenvalue weighted by Gasteiger charge is 2.49. The highest BCUT2D eigenvalue weighted by molar-refractivity contribution is 9.10. The van der Waals surface area contributed by atoms with Crippen LogP contribution in [0.15, 0.2) is 71.2 Å². The lowest BCUT2D eigenvalue weighted by Crippen LogP contribution is -2.55. The molecule has 1 heterocycles. The van der Waals surface area contributed by atoms with E-state index in [1.165, 1.54) is 30.3 Å². The molecule has 1 aliphatic heterocycles. The Balaban J connectivity index is 1.34. The van der Waals surface area contributed by atoms with E-state index < -0.39 is 79.7 Å². The maximum absolute atomic E-state index is 13.5. The first-order valence-electron chi connectivity index (χ1n) is 15.5. The number of halogens is 2. The summed E-state index contributed by atoms with van der Waals surface area (Å²) in [5.74, 6) is -2.59. The third-order valence-electron chi connectivity index (χ3n) is 8.39. The molecule has 1 fully saturated rings. The summed E-state index contributed by atoms with van der Waals surface area (Å²) in [5.41, 5.74) is 2.25. The van der Waals surface area contributed by atoms with Crippen molar-refractivity contribution in [2.45, 2.75) is 62.4 Å². The topological polar surface area (TPSA) is 220 Å². The molecule has 264 valence electrons. The number of nitrogens with one attached hydrogen (secondary N) is 2. The number of hydrogen-bond acceptors (Lipinski definition) is 10. The van der Waals surface area contributed by atoms with Crippen LogP contribution in [0.5, 0.6) is 5.75 Å². The van der Waals surface area contributed by atoms with Gasteiger partial charge in [0.15, 0.2) is 0 Å². The minimum absolute atomic E-state index is 0.00639. The number of nitrogens with zero attached hydrogens (tertiary/aromatic N) is 1. The fourth-order valence-corrected chi connectivity index (χ4v) is 5.93. The Morgan fingerprint density at radius 3 is 2.14 bits per heavy atom. The predicted octanol–water partition coefficient (Wildman–Crippen LogP) is 1.07. The van der Waals surface area contributed by atoms with Gasteiger partial charge in [-0.3, -0.25) is 14.4 Å². The van der Waals surface area contributed by atoms with Crippen LogP contribution in [-0.4, -0.2) is 91.0 Å². The lowest BCUT2D eigenvalue weighted by molar-refractivity contribution is -0.132. The summed E-state index contributed by atoms with van der Waals surface area (Å²) in [7, 11) is 0. The van der Waals surface area contributed by atoms with Gasteiger partial charge in [0, 0.05) is 28.8 Å². The lowest BCUT2D eigenvalue weighted by atomic mass is 9.78. The number of β-lactam (4-membered cyclic amide) rings is 1. The van der Waals surface area contributed by atoms with E-state index in [0.29, 0.717) is 33.3 Å². The van der Waals surface area contributed by atoms with Crippen LogP contribution < -0.4 is 15.5 Å². The van der Waals surface area contributed by atoms with Crippen LogP contribution in [0, 0.1) is 11.7 Å². The molecule has 3 aromatic carbocycles. The van der Waals surface area contributed by atoms with Crippen LogP contribution in [0.25, 0.3) is 0 Å². The average Bonchev–Trinajstić information content (AvgIpc) is 3.08. The van der Waals surface area contributed by atoms with Gasteiger partial charge in [-0.1, -0.05) is 46.3 Å². The predicted molar refractivity (Wildman–Crippen MR) is 177 cm³/mol. The summed E-state index contributed by atoms with van der Waals surface area (Å²) in [5, 5.41) is 73.9. The molecule has 0 saturated carbocycles. The van der Waals surface area contributed by atoms with Crippen molar-refractivity contribution in [1.29, 1.82) is 0 Å². The number of benzene rings is 3. The summed E-state index contributed by atoms with van der Waals surface area (Å²) in [6, 6.07) is 16.7. The van der Waals surface area contributed by atoms with Crippen LogP contribution in [0.1, 0.15) is 48.1 Å². The van der Waals surface area contributed by atoms with E-state index in [1.807, 2.05) is 0 Å². The zero-order valence-corrected chi connectivity index (χ0v) is 27.8. The second-order valence-corrected chi connectivity index (χ2v) is 12.7. The van der Waals surface area contributed by atoms with E-state index in [2.05, 4.69) is 26.6 Å². The molecule has 13 nitrogen and oxygen atoms in total. The number of phenols is 1. The number of carbonyl (C=O) groups is 3. The third-order valence-corrected chi connectivity index (χ3v) is 8.88. The average molecular weight is 749 g/mol. The van der Waals surface area contributed by atoms with Gasteiger partial charge in [-0.25, -0.2) is 4.39 Å². The highest BCUT2D eigenvalue weighted by Crippen LogP contribution is 2.48. The Hall–Kier alpha value is -3.96. The Morgan fingerprint density at radius 2 is 1.51 bits per heavy atom. The van der Waals surface area contributed by atoms with Crippen LogP contribution in [-0.2, 0) is 20.9 Å². The molecule has 0 aliphatic carbocycles. The van der Waals surface area contributed by atoms with Crippen LogP contribution in [0.3, 0.4) is 0 Å². The van der Waals surface area contributed by atoms with E-state index >= 15 is 0 Å². The highest BCUT2D eigenvalue weighted by atomic mass is 79.9. The molecule has 15 heteroatoms. The molecule has 7 atom stereocenters. The summed E-state index contributed by atoms with van der Waals surface area (Å²) in [4.78, 5) is 39.5. The largest absolute Gasteiger partial charge is 0.508 e. The SMILES string of the molecule is O=C(CC(=O)NC[C@H](O)[C@@H](O)[C@H](O)[C@H](O)CO)NCc1ccc(N2C(=O)[C@H](CC[C@H](O)c3ccc(F)cc3)[C@H]2c2ccc(Br)cc2O)cc1. The zero-order valence-electron chi connectivity index (χ0n) is 26.2. The van der Waals surface area contributed by atoms with Crippen molar-refractivity contribution in [3.8, 4) is 5.75 Å². The Kier molecular flexibility index (Phi) is 13.2. The second-order valence-electron chi connectivity index (χ2n) is 11.8. The summed E-state index contributed by atoms with van der Waals surface area (Å²) < 4.78 is 14.0. The number of rotatable bonds is 16. The van der Waals surface area contributed by atoms with Crippen molar-refractivity contribution < 1.29 is 54.5 Å². The summed E-state index contributed by atoms with van der Waals surface area (Å²) >= 11 is 3.33. The van der Waals surface area contributed by atoms with Gasteiger partial charge >= 0.3 is 0 Å². The summed E-state index contributed by atoms with van der Waals surface area (Å²) in [6.45, 7) is -1.32. The smallest absolute Gasteiger partial charge is 0.233 e. The quantitative estimate of drug-likeness (QED) is 0.0750. The van der Waals surface area contributed by atoms with Crippen molar-refractivity contribution in [2.75, 3.05) is 18.1 Å². The first-order chi connectivity index (χ1) is 23.3. The number of hydrogen-bond donors (Lipinski definition) is 9.